The zero-order valence-electron chi connectivity index (χ0n) is 11.3. The van der Waals surface area contributed by atoms with Crippen molar-refractivity contribution in [3.05, 3.63) is 48.0 Å². The number of furan rings is 1. The Labute approximate surface area is 118 Å². The van der Waals surface area contributed by atoms with E-state index in [0.717, 1.165) is 5.56 Å². The summed E-state index contributed by atoms with van der Waals surface area (Å²) in [6.07, 6.45) is 3.25. The number of aromatic nitrogens is 1. The Kier molecular flexibility index (Phi) is 4.53. The van der Waals surface area contributed by atoms with Crippen molar-refractivity contribution < 1.29 is 12.8 Å². The fourth-order valence-electron chi connectivity index (χ4n) is 1.78. The van der Waals surface area contributed by atoms with E-state index in [1.54, 1.807) is 44.6 Å². The van der Waals surface area contributed by atoms with Crippen molar-refractivity contribution >= 4 is 10.0 Å². The van der Waals surface area contributed by atoms with Crippen LogP contribution in [-0.2, 0) is 16.6 Å². The van der Waals surface area contributed by atoms with E-state index in [0.29, 0.717) is 12.3 Å². The second-order valence-corrected chi connectivity index (χ2v) is 6.02. The molecule has 7 heteroatoms. The molecular formula is C13H17N3O3S. The molecule has 2 aromatic heterocycles. The zero-order chi connectivity index (χ0) is 14.6. The first-order valence-electron chi connectivity index (χ1n) is 6.18. The van der Waals surface area contributed by atoms with Gasteiger partial charge in [0, 0.05) is 18.4 Å². The summed E-state index contributed by atoms with van der Waals surface area (Å²) in [4.78, 5) is 3.90. The van der Waals surface area contributed by atoms with Gasteiger partial charge in [-0.15, -0.1) is 0 Å². The lowest BCUT2D eigenvalue weighted by Gasteiger charge is -2.12. The molecule has 6 nitrogen and oxygen atoms in total. The number of rotatable bonds is 6. The monoisotopic (exact) mass is 295 g/mol. The minimum Gasteiger partial charge on any atom is -0.447 e. The lowest BCUT2D eigenvalue weighted by atomic mass is 10.1. The number of nitrogens with one attached hydrogen (secondary N) is 2. The molecule has 0 fully saturated rings. The second-order valence-electron chi connectivity index (χ2n) is 4.37. The number of hydrogen-bond donors (Lipinski definition) is 2. The Morgan fingerprint density at radius 3 is 2.60 bits per heavy atom. The average Bonchev–Trinajstić information content (AvgIpc) is 2.89. The number of pyridine rings is 1. The first-order valence-corrected chi connectivity index (χ1v) is 7.67. The summed E-state index contributed by atoms with van der Waals surface area (Å²) in [5, 5.41) is 2.82. The number of hydrogen-bond acceptors (Lipinski definition) is 5. The summed E-state index contributed by atoms with van der Waals surface area (Å²) in [6, 6.07) is 6.26. The normalized spacial score (nSPS) is 13.3. The predicted molar refractivity (Wildman–Crippen MR) is 74.4 cm³/mol. The van der Waals surface area contributed by atoms with Crippen LogP contribution < -0.4 is 10.0 Å². The molecule has 0 saturated carbocycles. The lowest BCUT2D eigenvalue weighted by Crippen LogP contribution is -2.26. The molecule has 0 amide bonds. The average molecular weight is 295 g/mol. The van der Waals surface area contributed by atoms with Crippen LogP contribution in [0.3, 0.4) is 0 Å². The molecular weight excluding hydrogens is 278 g/mol. The molecule has 0 aliphatic heterocycles. The summed E-state index contributed by atoms with van der Waals surface area (Å²) in [7, 11) is -1.91. The highest BCUT2D eigenvalue weighted by Crippen LogP contribution is 2.18. The molecule has 2 aromatic rings. The van der Waals surface area contributed by atoms with Gasteiger partial charge in [-0.25, -0.2) is 13.1 Å². The van der Waals surface area contributed by atoms with Crippen LogP contribution in [0.1, 0.15) is 24.3 Å². The van der Waals surface area contributed by atoms with E-state index in [9.17, 15) is 8.42 Å². The minimum atomic E-state index is -3.67. The van der Waals surface area contributed by atoms with E-state index < -0.39 is 10.0 Å². The number of sulfonamides is 1. The van der Waals surface area contributed by atoms with Gasteiger partial charge in [-0.2, -0.15) is 0 Å². The quantitative estimate of drug-likeness (QED) is 0.842. The Morgan fingerprint density at radius 2 is 1.95 bits per heavy atom. The van der Waals surface area contributed by atoms with Crippen LogP contribution in [0.25, 0.3) is 0 Å². The molecule has 0 bridgehead atoms. The van der Waals surface area contributed by atoms with Crippen LogP contribution in [0, 0.1) is 0 Å². The maximum Gasteiger partial charge on any atom is 0.274 e. The smallest absolute Gasteiger partial charge is 0.274 e. The minimum absolute atomic E-state index is 0.0799. The molecule has 2 heterocycles. The third-order valence-electron chi connectivity index (χ3n) is 2.79. The van der Waals surface area contributed by atoms with Crippen LogP contribution in [0.2, 0.25) is 0 Å². The summed E-state index contributed by atoms with van der Waals surface area (Å²) >= 11 is 0. The van der Waals surface area contributed by atoms with E-state index in [-0.39, 0.29) is 11.1 Å². The van der Waals surface area contributed by atoms with Gasteiger partial charge in [0.05, 0.1) is 6.54 Å². The van der Waals surface area contributed by atoms with Crippen LogP contribution in [0.4, 0.5) is 0 Å². The van der Waals surface area contributed by atoms with E-state index in [2.05, 4.69) is 15.0 Å². The zero-order valence-corrected chi connectivity index (χ0v) is 12.1. The summed E-state index contributed by atoms with van der Waals surface area (Å²) < 4.78 is 32.3. The van der Waals surface area contributed by atoms with Gasteiger partial charge < -0.3 is 9.73 Å². The molecule has 0 aliphatic carbocycles. The Morgan fingerprint density at radius 1 is 1.25 bits per heavy atom. The second kappa shape index (κ2) is 6.17. The van der Waals surface area contributed by atoms with Gasteiger partial charge in [0.2, 0.25) is 5.09 Å². The summed E-state index contributed by atoms with van der Waals surface area (Å²) in [5.41, 5.74) is 0.838. The third-order valence-corrected chi connectivity index (χ3v) is 4.20. The van der Waals surface area contributed by atoms with Crippen molar-refractivity contribution in [3.63, 3.8) is 0 Å². The largest absolute Gasteiger partial charge is 0.447 e. The van der Waals surface area contributed by atoms with Crippen molar-refractivity contribution in [2.45, 2.75) is 24.6 Å². The SMILES string of the molecule is CNCc1ccc(S(=O)(=O)NC(C)c2ccncc2)o1. The molecule has 0 spiro atoms. The summed E-state index contributed by atoms with van der Waals surface area (Å²) in [5.74, 6) is 0.574. The highest BCUT2D eigenvalue weighted by Gasteiger charge is 2.21. The van der Waals surface area contributed by atoms with E-state index in [1.807, 2.05) is 0 Å². The summed E-state index contributed by atoms with van der Waals surface area (Å²) in [6.45, 7) is 2.25. The van der Waals surface area contributed by atoms with E-state index in [4.69, 9.17) is 4.42 Å². The first-order chi connectivity index (χ1) is 9.53. The molecule has 2 N–H and O–H groups in total. The van der Waals surface area contributed by atoms with Crippen molar-refractivity contribution in [2.75, 3.05) is 7.05 Å². The third kappa shape index (κ3) is 3.44. The molecule has 1 unspecified atom stereocenters. The molecule has 1 atom stereocenters. The van der Waals surface area contributed by atoms with Crippen molar-refractivity contribution in [2.24, 2.45) is 0 Å². The molecule has 2 rings (SSSR count). The van der Waals surface area contributed by atoms with Gasteiger partial charge in [0.1, 0.15) is 5.76 Å². The number of nitrogens with zero attached hydrogens (tertiary/aromatic N) is 1. The van der Waals surface area contributed by atoms with E-state index in [1.165, 1.54) is 6.07 Å². The maximum absolute atomic E-state index is 12.2. The Hall–Kier alpha value is -1.70. The van der Waals surface area contributed by atoms with Crippen molar-refractivity contribution in [1.29, 1.82) is 0 Å². The fourth-order valence-corrected chi connectivity index (χ4v) is 2.96. The highest BCUT2D eigenvalue weighted by atomic mass is 32.2. The van der Waals surface area contributed by atoms with Gasteiger partial charge in [-0.3, -0.25) is 4.98 Å². The highest BCUT2D eigenvalue weighted by molar-refractivity contribution is 7.89. The maximum atomic E-state index is 12.2. The van der Waals surface area contributed by atoms with Gasteiger partial charge >= 0.3 is 0 Å². The molecule has 108 valence electrons. The standard InChI is InChI=1S/C13H17N3O3S/c1-10(11-5-7-15-8-6-11)16-20(17,18)13-4-3-12(19-13)9-14-2/h3-8,10,14,16H,9H2,1-2H3. The predicted octanol–water partition coefficient (Wildman–Crippen LogP) is 1.43. The molecule has 0 radical (unpaired) electrons. The van der Waals surface area contributed by atoms with Gasteiger partial charge in [0.15, 0.2) is 0 Å². The van der Waals surface area contributed by atoms with Crippen molar-refractivity contribution in [3.8, 4) is 0 Å². The van der Waals surface area contributed by atoms with E-state index >= 15 is 0 Å². The Balaban J connectivity index is 2.14. The fraction of sp³-hybridized carbons (Fsp3) is 0.308. The van der Waals surface area contributed by atoms with Crippen molar-refractivity contribution in [1.82, 2.24) is 15.0 Å². The van der Waals surface area contributed by atoms with Crippen LogP contribution in [0.15, 0.2) is 46.2 Å². The molecule has 0 saturated heterocycles. The van der Waals surface area contributed by atoms with Gasteiger partial charge in [0.25, 0.3) is 10.0 Å². The Bertz CT molecular complexity index is 653. The van der Waals surface area contributed by atoms with Crippen LogP contribution in [-0.4, -0.2) is 20.4 Å². The van der Waals surface area contributed by atoms with Gasteiger partial charge in [-0.05, 0) is 43.8 Å². The molecule has 0 aliphatic rings. The van der Waals surface area contributed by atoms with Crippen LogP contribution in [0.5, 0.6) is 0 Å². The first kappa shape index (κ1) is 14.7. The molecule has 20 heavy (non-hydrogen) atoms. The lowest BCUT2D eigenvalue weighted by molar-refractivity contribution is 0.403. The van der Waals surface area contributed by atoms with Crippen LogP contribution >= 0.6 is 0 Å². The van der Waals surface area contributed by atoms with Gasteiger partial charge in [-0.1, -0.05) is 0 Å². The topological polar surface area (TPSA) is 84.2 Å². The molecule has 0 aromatic carbocycles.